The molecule has 106 valence electrons. The summed E-state index contributed by atoms with van der Waals surface area (Å²) in [5, 5.41) is 12.2. The molecule has 4 heteroatoms. The van der Waals surface area contributed by atoms with E-state index in [1.165, 1.54) is 0 Å². The van der Waals surface area contributed by atoms with E-state index in [4.69, 9.17) is 0 Å². The fourth-order valence-corrected chi connectivity index (χ4v) is 1.62. The number of nitrogens with one attached hydrogen (secondary N) is 1. The topological polar surface area (TPSA) is 52.6 Å². The van der Waals surface area contributed by atoms with Crippen LogP contribution in [0.25, 0.3) is 0 Å². The van der Waals surface area contributed by atoms with Crippen molar-refractivity contribution in [2.24, 2.45) is 0 Å². The fourth-order valence-electron chi connectivity index (χ4n) is 1.62. The van der Waals surface area contributed by atoms with Gasteiger partial charge >= 0.3 is 0 Å². The number of benzene rings is 1. The molecule has 19 heavy (non-hydrogen) atoms. The first kappa shape index (κ1) is 15.5. The Hall–Kier alpha value is -1.55. The van der Waals surface area contributed by atoms with Gasteiger partial charge in [0.05, 0.1) is 5.60 Å². The first-order valence-electron chi connectivity index (χ1n) is 6.53. The summed E-state index contributed by atoms with van der Waals surface area (Å²) >= 11 is 0. The molecule has 1 aromatic carbocycles. The van der Waals surface area contributed by atoms with E-state index in [9.17, 15) is 9.90 Å². The molecule has 0 aliphatic carbocycles. The molecular weight excluding hydrogens is 240 g/mol. The van der Waals surface area contributed by atoms with Crippen molar-refractivity contribution in [3.05, 3.63) is 29.8 Å². The van der Waals surface area contributed by atoms with Crippen molar-refractivity contribution in [2.75, 3.05) is 25.5 Å². The molecule has 0 atom stereocenters. The SMILES string of the molecule is CN(C)c1ccc(CCC(=O)NCC(C)(C)O)cc1. The number of carbonyl (C=O) groups is 1. The Balaban J connectivity index is 2.38. The fraction of sp³-hybridized carbons (Fsp3) is 0.533. The summed E-state index contributed by atoms with van der Waals surface area (Å²) in [6, 6.07) is 8.17. The van der Waals surface area contributed by atoms with Crippen molar-refractivity contribution in [2.45, 2.75) is 32.3 Å². The minimum atomic E-state index is -0.858. The Kier molecular flexibility index (Phi) is 5.36. The molecular formula is C15H24N2O2. The van der Waals surface area contributed by atoms with Crippen LogP contribution in [0.15, 0.2) is 24.3 Å². The van der Waals surface area contributed by atoms with Crippen molar-refractivity contribution in [1.82, 2.24) is 5.32 Å². The van der Waals surface area contributed by atoms with E-state index in [1.807, 2.05) is 43.3 Å². The molecule has 0 unspecified atom stereocenters. The predicted octanol–water partition coefficient (Wildman–Crippen LogP) is 1.57. The molecule has 1 rings (SSSR count). The van der Waals surface area contributed by atoms with Crippen molar-refractivity contribution in [1.29, 1.82) is 0 Å². The Morgan fingerprint density at radius 2 is 1.84 bits per heavy atom. The number of aliphatic hydroxyl groups is 1. The molecule has 0 aromatic heterocycles. The summed E-state index contributed by atoms with van der Waals surface area (Å²) in [4.78, 5) is 13.6. The Morgan fingerprint density at radius 1 is 1.26 bits per heavy atom. The quantitative estimate of drug-likeness (QED) is 0.820. The Labute approximate surface area is 115 Å². The molecule has 0 spiro atoms. The highest BCUT2D eigenvalue weighted by Crippen LogP contribution is 2.13. The summed E-state index contributed by atoms with van der Waals surface area (Å²) in [5.74, 6) is -0.0289. The van der Waals surface area contributed by atoms with Gasteiger partial charge in [-0.25, -0.2) is 0 Å². The van der Waals surface area contributed by atoms with Crippen LogP contribution < -0.4 is 10.2 Å². The van der Waals surface area contributed by atoms with Gasteiger partial charge in [-0.1, -0.05) is 12.1 Å². The van der Waals surface area contributed by atoms with Crippen LogP contribution in [-0.4, -0.2) is 37.3 Å². The molecule has 1 amide bonds. The lowest BCUT2D eigenvalue weighted by molar-refractivity contribution is -0.122. The van der Waals surface area contributed by atoms with Gasteiger partial charge in [0.2, 0.25) is 5.91 Å². The van der Waals surface area contributed by atoms with Gasteiger partial charge in [0.1, 0.15) is 0 Å². The van der Waals surface area contributed by atoms with E-state index in [0.717, 1.165) is 11.3 Å². The van der Waals surface area contributed by atoms with E-state index in [1.54, 1.807) is 13.8 Å². The number of anilines is 1. The molecule has 0 aliphatic heterocycles. The number of rotatable bonds is 6. The molecule has 0 saturated heterocycles. The highest BCUT2D eigenvalue weighted by atomic mass is 16.3. The molecule has 2 N–H and O–H groups in total. The summed E-state index contributed by atoms with van der Waals surface area (Å²) in [6.45, 7) is 3.63. The third-order valence-electron chi connectivity index (χ3n) is 2.81. The standard InChI is InChI=1S/C15H24N2O2/c1-15(2,19)11-16-14(18)10-7-12-5-8-13(9-6-12)17(3)4/h5-6,8-9,19H,7,10-11H2,1-4H3,(H,16,18). The van der Waals surface area contributed by atoms with E-state index < -0.39 is 5.60 Å². The normalized spacial score (nSPS) is 11.2. The summed E-state index contributed by atoms with van der Waals surface area (Å²) < 4.78 is 0. The number of aryl methyl sites for hydroxylation is 1. The number of hydrogen-bond donors (Lipinski definition) is 2. The van der Waals surface area contributed by atoms with Gasteiger partial charge in [-0.2, -0.15) is 0 Å². The van der Waals surface area contributed by atoms with E-state index in [0.29, 0.717) is 12.8 Å². The van der Waals surface area contributed by atoms with Crippen LogP contribution in [0.5, 0.6) is 0 Å². The summed E-state index contributed by atoms with van der Waals surface area (Å²) in [5.41, 5.74) is 1.43. The number of hydrogen-bond acceptors (Lipinski definition) is 3. The van der Waals surface area contributed by atoms with Crippen LogP contribution in [0.2, 0.25) is 0 Å². The van der Waals surface area contributed by atoms with Crippen molar-refractivity contribution >= 4 is 11.6 Å². The van der Waals surface area contributed by atoms with E-state index in [2.05, 4.69) is 5.32 Å². The third kappa shape index (κ3) is 6.25. The maximum atomic E-state index is 11.6. The Morgan fingerprint density at radius 3 is 2.32 bits per heavy atom. The summed E-state index contributed by atoms with van der Waals surface area (Å²) in [7, 11) is 4.00. The Bertz CT molecular complexity index is 405. The third-order valence-corrected chi connectivity index (χ3v) is 2.81. The van der Waals surface area contributed by atoms with E-state index in [-0.39, 0.29) is 12.5 Å². The molecule has 0 heterocycles. The summed E-state index contributed by atoms with van der Waals surface area (Å²) in [6.07, 6.45) is 1.16. The monoisotopic (exact) mass is 264 g/mol. The maximum absolute atomic E-state index is 11.6. The number of nitrogens with zero attached hydrogens (tertiary/aromatic N) is 1. The van der Waals surface area contributed by atoms with Gasteiger partial charge in [0, 0.05) is 32.7 Å². The van der Waals surface area contributed by atoms with Gasteiger partial charge in [-0.15, -0.1) is 0 Å². The lowest BCUT2D eigenvalue weighted by atomic mass is 10.1. The average molecular weight is 264 g/mol. The van der Waals surface area contributed by atoms with Crippen LogP contribution in [0.4, 0.5) is 5.69 Å². The zero-order valence-corrected chi connectivity index (χ0v) is 12.2. The molecule has 0 radical (unpaired) electrons. The second kappa shape index (κ2) is 6.57. The van der Waals surface area contributed by atoms with Crippen LogP contribution in [0, 0.1) is 0 Å². The molecule has 0 aliphatic rings. The van der Waals surface area contributed by atoms with Crippen molar-refractivity contribution in [3.8, 4) is 0 Å². The average Bonchev–Trinajstić information content (AvgIpc) is 2.33. The van der Waals surface area contributed by atoms with Crippen molar-refractivity contribution in [3.63, 3.8) is 0 Å². The number of amides is 1. The minimum absolute atomic E-state index is 0.0289. The van der Waals surface area contributed by atoms with Gasteiger partial charge < -0.3 is 15.3 Å². The highest BCUT2D eigenvalue weighted by molar-refractivity contribution is 5.76. The van der Waals surface area contributed by atoms with Gasteiger partial charge in [0.25, 0.3) is 0 Å². The molecule has 0 saturated carbocycles. The zero-order valence-electron chi connectivity index (χ0n) is 12.2. The molecule has 0 fully saturated rings. The smallest absolute Gasteiger partial charge is 0.220 e. The molecule has 1 aromatic rings. The van der Waals surface area contributed by atoms with Gasteiger partial charge in [-0.3, -0.25) is 4.79 Å². The number of carbonyl (C=O) groups excluding carboxylic acids is 1. The largest absolute Gasteiger partial charge is 0.389 e. The second-order valence-electron chi connectivity index (χ2n) is 5.65. The van der Waals surface area contributed by atoms with Crippen LogP contribution >= 0.6 is 0 Å². The predicted molar refractivity (Wildman–Crippen MR) is 78.4 cm³/mol. The van der Waals surface area contributed by atoms with Crippen LogP contribution in [0.1, 0.15) is 25.8 Å². The molecule has 4 nitrogen and oxygen atoms in total. The van der Waals surface area contributed by atoms with Crippen LogP contribution in [-0.2, 0) is 11.2 Å². The van der Waals surface area contributed by atoms with Crippen LogP contribution in [0.3, 0.4) is 0 Å². The lowest BCUT2D eigenvalue weighted by Gasteiger charge is -2.17. The highest BCUT2D eigenvalue weighted by Gasteiger charge is 2.13. The maximum Gasteiger partial charge on any atom is 0.220 e. The minimum Gasteiger partial charge on any atom is -0.389 e. The van der Waals surface area contributed by atoms with Gasteiger partial charge in [0.15, 0.2) is 0 Å². The lowest BCUT2D eigenvalue weighted by Crippen LogP contribution is -2.38. The van der Waals surface area contributed by atoms with Crippen molar-refractivity contribution < 1.29 is 9.90 Å². The second-order valence-corrected chi connectivity index (χ2v) is 5.65. The molecule has 0 bridgehead atoms. The zero-order chi connectivity index (χ0) is 14.5. The first-order valence-corrected chi connectivity index (χ1v) is 6.53. The first-order chi connectivity index (χ1) is 8.78. The van der Waals surface area contributed by atoms with E-state index >= 15 is 0 Å². The van der Waals surface area contributed by atoms with Gasteiger partial charge in [-0.05, 0) is 38.0 Å².